The van der Waals surface area contributed by atoms with Crippen LogP contribution in [0.1, 0.15) is 85.0 Å². The standard InChI is InChI=1S/C19H38N2/c1-4-13-20-17-8-7-11-19(15-17)21(14-12-16(2)3)18-9-5-6-10-18/h16-20H,4-15H2,1-3H3. The molecule has 0 amide bonds. The topological polar surface area (TPSA) is 15.3 Å². The molecule has 2 unspecified atom stereocenters. The van der Waals surface area contributed by atoms with Gasteiger partial charge < -0.3 is 5.32 Å². The number of hydrogen-bond donors (Lipinski definition) is 1. The van der Waals surface area contributed by atoms with Gasteiger partial charge in [0.1, 0.15) is 0 Å². The highest BCUT2D eigenvalue weighted by molar-refractivity contribution is 4.89. The maximum atomic E-state index is 3.78. The van der Waals surface area contributed by atoms with Crippen LogP contribution in [0.5, 0.6) is 0 Å². The summed E-state index contributed by atoms with van der Waals surface area (Å²) < 4.78 is 0. The summed E-state index contributed by atoms with van der Waals surface area (Å²) in [6.07, 6.45) is 14.2. The van der Waals surface area contributed by atoms with E-state index >= 15 is 0 Å². The summed E-state index contributed by atoms with van der Waals surface area (Å²) in [6, 6.07) is 2.54. The average molecular weight is 295 g/mol. The molecule has 0 spiro atoms. The molecule has 0 aromatic carbocycles. The molecule has 0 heterocycles. The summed E-state index contributed by atoms with van der Waals surface area (Å²) in [5.74, 6) is 0.839. The minimum atomic E-state index is 0.784. The molecule has 2 heteroatoms. The van der Waals surface area contributed by atoms with Crippen LogP contribution in [0.2, 0.25) is 0 Å². The van der Waals surface area contributed by atoms with Gasteiger partial charge in [-0.25, -0.2) is 0 Å². The highest BCUT2D eigenvalue weighted by Crippen LogP contribution is 2.31. The van der Waals surface area contributed by atoms with Crippen molar-refractivity contribution in [3.8, 4) is 0 Å². The van der Waals surface area contributed by atoms with E-state index in [-0.39, 0.29) is 0 Å². The number of nitrogens with one attached hydrogen (secondary N) is 1. The van der Waals surface area contributed by atoms with Crippen molar-refractivity contribution in [1.29, 1.82) is 0 Å². The summed E-state index contributed by atoms with van der Waals surface area (Å²) in [5, 5.41) is 3.78. The molecule has 0 aliphatic heterocycles. The van der Waals surface area contributed by atoms with E-state index in [1.807, 2.05) is 0 Å². The summed E-state index contributed by atoms with van der Waals surface area (Å²) in [7, 11) is 0. The molecule has 124 valence electrons. The first-order valence-corrected chi connectivity index (χ1v) is 9.69. The van der Waals surface area contributed by atoms with Gasteiger partial charge in [0.15, 0.2) is 0 Å². The van der Waals surface area contributed by atoms with Crippen LogP contribution < -0.4 is 5.32 Å². The fourth-order valence-corrected chi connectivity index (χ4v) is 4.31. The number of nitrogens with zero attached hydrogens (tertiary/aromatic N) is 1. The lowest BCUT2D eigenvalue weighted by molar-refractivity contribution is 0.0891. The van der Waals surface area contributed by atoms with Crippen LogP contribution in [0.15, 0.2) is 0 Å². The Morgan fingerprint density at radius 2 is 1.71 bits per heavy atom. The van der Waals surface area contributed by atoms with E-state index in [1.54, 1.807) is 0 Å². The maximum Gasteiger partial charge on any atom is 0.0113 e. The summed E-state index contributed by atoms with van der Waals surface area (Å²) in [6.45, 7) is 9.57. The molecule has 2 fully saturated rings. The largest absolute Gasteiger partial charge is 0.314 e. The zero-order valence-electron chi connectivity index (χ0n) is 14.7. The average Bonchev–Trinajstić information content (AvgIpc) is 2.99. The van der Waals surface area contributed by atoms with Crippen molar-refractivity contribution in [3.63, 3.8) is 0 Å². The lowest BCUT2D eigenvalue weighted by Gasteiger charge is -2.41. The van der Waals surface area contributed by atoms with Crippen molar-refractivity contribution >= 4 is 0 Å². The van der Waals surface area contributed by atoms with Crippen LogP contribution in [0.25, 0.3) is 0 Å². The van der Waals surface area contributed by atoms with E-state index in [4.69, 9.17) is 0 Å². The van der Waals surface area contributed by atoms with Crippen molar-refractivity contribution in [2.24, 2.45) is 5.92 Å². The third-order valence-electron chi connectivity index (χ3n) is 5.56. The predicted molar refractivity (Wildman–Crippen MR) is 92.8 cm³/mol. The Balaban J connectivity index is 1.90. The Morgan fingerprint density at radius 3 is 2.38 bits per heavy atom. The van der Waals surface area contributed by atoms with Gasteiger partial charge in [0.05, 0.1) is 0 Å². The molecule has 0 aromatic heterocycles. The Kier molecular flexibility index (Phi) is 7.53. The van der Waals surface area contributed by atoms with E-state index in [9.17, 15) is 0 Å². The molecular weight excluding hydrogens is 256 g/mol. The second-order valence-corrected chi connectivity index (χ2v) is 7.83. The summed E-state index contributed by atoms with van der Waals surface area (Å²) in [5.41, 5.74) is 0. The smallest absolute Gasteiger partial charge is 0.0113 e. The van der Waals surface area contributed by atoms with Gasteiger partial charge in [0.2, 0.25) is 0 Å². The first-order chi connectivity index (χ1) is 10.2. The molecule has 0 radical (unpaired) electrons. The maximum absolute atomic E-state index is 3.78. The van der Waals surface area contributed by atoms with Crippen LogP contribution in [-0.4, -0.2) is 36.1 Å². The molecule has 0 bridgehead atoms. The lowest BCUT2D eigenvalue weighted by atomic mass is 9.88. The van der Waals surface area contributed by atoms with Gasteiger partial charge in [-0.2, -0.15) is 0 Å². The van der Waals surface area contributed by atoms with Crippen molar-refractivity contribution in [2.75, 3.05) is 13.1 Å². The minimum absolute atomic E-state index is 0.784. The third-order valence-corrected chi connectivity index (χ3v) is 5.56. The molecule has 0 saturated heterocycles. The molecule has 2 aliphatic carbocycles. The molecule has 2 aliphatic rings. The Morgan fingerprint density at radius 1 is 1.00 bits per heavy atom. The highest BCUT2D eigenvalue weighted by atomic mass is 15.2. The lowest BCUT2D eigenvalue weighted by Crippen LogP contribution is -2.48. The Bertz CT molecular complexity index is 271. The van der Waals surface area contributed by atoms with Crippen molar-refractivity contribution in [3.05, 3.63) is 0 Å². The molecule has 21 heavy (non-hydrogen) atoms. The molecule has 1 N–H and O–H groups in total. The van der Waals surface area contributed by atoms with Gasteiger partial charge in [0.25, 0.3) is 0 Å². The molecule has 2 saturated carbocycles. The zero-order chi connectivity index (χ0) is 15.1. The SMILES string of the molecule is CCCNC1CCCC(N(CCC(C)C)C2CCCC2)C1. The van der Waals surface area contributed by atoms with Gasteiger partial charge >= 0.3 is 0 Å². The summed E-state index contributed by atoms with van der Waals surface area (Å²) >= 11 is 0. The van der Waals surface area contributed by atoms with Crippen LogP contribution >= 0.6 is 0 Å². The Hall–Kier alpha value is -0.0800. The van der Waals surface area contributed by atoms with Crippen molar-refractivity contribution in [1.82, 2.24) is 10.2 Å². The van der Waals surface area contributed by atoms with E-state index in [1.165, 1.54) is 77.3 Å². The Labute approximate surface area is 133 Å². The van der Waals surface area contributed by atoms with Crippen LogP contribution in [-0.2, 0) is 0 Å². The zero-order valence-corrected chi connectivity index (χ0v) is 14.7. The fourth-order valence-electron chi connectivity index (χ4n) is 4.31. The van der Waals surface area contributed by atoms with Crippen LogP contribution in [0.4, 0.5) is 0 Å². The van der Waals surface area contributed by atoms with Gasteiger partial charge in [0, 0.05) is 18.1 Å². The highest BCUT2D eigenvalue weighted by Gasteiger charge is 2.32. The molecule has 2 rings (SSSR count). The van der Waals surface area contributed by atoms with Gasteiger partial charge in [-0.3, -0.25) is 4.90 Å². The third kappa shape index (κ3) is 5.56. The van der Waals surface area contributed by atoms with E-state index in [2.05, 4.69) is 31.0 Å². The van der Waals surface area contributed by atoms with Crippen molar-refractivity contribution < 1.29 is 0 Å². The number of rotatable bonds is 8. The first kappa shape index (κ1) is 17.3. The normalized spacial score (nSPS) is 27.9. The molecule has 2 atom stereocenters. The second-order valence-electron chi connectivity index (χ2n) is 7.83. The fraction of sp³-hybridized carbons (Fsp3) is 1.00. The van der Waals surface area contributed by atoms with Gasteiger partial charge in [-0.1, -0.05) is 40.0 Å². The first-order valence-electron chi connectivity index (χ1n) is 9.69. The number of hydrogen-bond acceptors (Lipinski definition) is 2. The van der Waals surface area contributed by atoms with Gasteiger partial charge in [-0.15, -0.1) is 0 Å². The van der Waals surface area contributed by atoms with Gasteiger partial charge in [-0.05, 0) is 64.0 Å². The molecular formula is C19H38N2. The van der Waals surface area contributed by atoms with Crippen LogP contribution in [0, 0.1) is 5.92 Å². The monoisotopic (exact) mass is 294 g/mol. The van der Waals surface area contributed by atoms with Crippen molar-refractivity contribution in [2.45, 2.75) is 103 Å². The summed E-state index contributed by atoms with van der Waals surface area (Å²) in [4.78, 5) is 2.94. The van der Waals surface area contributed by atoms with E-state index in [0.29, 0.717) is 0 Å². The second kappa shape index (κ2) is 9.15. The molecule has 2 nitrogen and oxygen atoms in total. The minimum Gasteiger partial charge on any atom is -0.314 e. The van der Waals surface area contributed by atoms with E-state index in [0.717, 1.165) is 24.0 Å². The predicted octanol–water partition coefficient (Wildman–Crippen LogP) is 4.59. The molecule has 0 aromatic rings. The van der Waals surface area contributed by atoms with E-state index < -0.39 is 0 Å². The quantitative estimate of drug-likeness (QED) is 0.704. The van der Waals surface area contributed by atoms with Crippen LogP contribution in [0.3, 0.4) is 0 Å².